The van der Waals surface area contributed by atoms with E-state index in [2.05, 4.69) is 310 Å². The van der Waals surface area contributed by atoms with Gasteiger partial charge in [0.15, 0.2) is 0 Å². The Morgan fingerprint density at radius 3 is 0.959 bits per heavy atom. The van der Waals surface area contributed by atoms with Gasteiger partial charge in [-0.05, 0) is 223 Å². The zero-order valence-corrected chi connectivity index (χ0v) is 53.7. The molecule has 0 atom stereocenters. The van der Waals surface area contributed by atoms with Crippen LogP contribution in [-0.4, -0.2) is 36.3 Å². The molecule has 6 nitrogen and oxygen atoms in total. The molecule has 4 heterocycles. The van der Waals surface area contributed by atoms with Crippen molar-refractivity contribution in [3.63, 3.8) is 0 Å². The average molecular weight is 1270 g/mol. The quantitative estimate of drug-likeness (QED) is 0.117. The van der Waals surface area contributed by atoms with Gasteiger partial charge in [0.2, 0.25) is 0 Å². The molecule has 98 heavy (non-hydrogen) atoms. The summed E-state index contributed by atoms with van der Waals surface area (Å²) in [7, 11) is -1.38. The maximum atomic E-state index is 8.55. The first-order valence-electron chi connectivity index (χ1n) is 33.0. The Morgan fingerprint density at radius 2 is 0.582 bits per heavy atom. The van der Waals surface area contributed by atoms with Crippen molar-refractivity contribution in [3.05, 3.63) is 345 Å². The Bertz CT molecular complexity index is 6270. The van der Waals surface area contributed by atoms with E-state index in [4.69, 9.17) is 21.6 Å². The van der Waals surface area contributed by atoms with E-state index in [1.807, 2.05) is 24.5 Å². The topological polar surface area (TPSA) is 76.1 Å². The highest BCUT2D eigenvalue weighted by molar-refractivity contribution is 6.58. The van der Waals surface area contributed by atoms with Gasteiger partial charge in [-0.1, -0.05) is 230 Å². The molecule has 0 aliphatic carbocycles. The molecule has 0 spiro atoms. The van der Waals surface area contributed by atoms with Crippen molar-refractivity contribution in [2.75, 3.05) is 0 Å². The summed E-state index contributed by atoms with van der Waals surface area (Å²) >= 11 is 6.32. The van der Waals surface area contributed by atoms with E-state index in [0.717, 1.165) is 22.0 Å². The van der Waals surface area contributed by atoms with E-state index in [0.29, 0.717) is 5.46 Å². The highest BCUT2D eigenvalue weighted by Gasteiger charge is 2.22. The monoisotopic (exact) mass is 1270 g/mol. The van der Waals surface area contributed by atoms with Gasteiger partial charge in [-0.25, -0.2) is 0 Å². The van der Waals surface area contributed by atoms with Gasteiger partial charge in [-0.15, -0.1) is 0 Å². The maximum Gasteiger partial charge on any atom is 0.488 e. The molecule has 0 bridgehead atoms. The number of pyridine rings is 2. The summed E-state index contributed by atoms with van der Waals surface area (Å²) in [4.78, 5) is 7.90. The molecule has 0 saturated carbocycles. The van der Waals surface area contributed by atoms with Gasteiger partial charge in [0, 0.05) is 62.7 Å². The van der Waals surface area contributed by atoms with E-state index in [1.54, 1.807) is 12.1 Å². The molecular formula is C90H58BClN4O2. The number of para-hydroxylation sites is 4. The SMILES string of the molecule is Clc1ccc(-c2cc(-c3cccc(-n4c5ccccc5c5ccccc54)c3)c3ccc4cccc5ccc2c3c54)cc1.OB(O)c1ccncc1.c1cc(-c2cc(-c3ccc(-c4ccncc4)cc3)c3ccc4cccc5ccc2c3c45)cc(-n2c3ccccc3c3ccccc32)c1. The summed E-state index contributed by atoms with van der Waals surface area (Å²) in [6, 6.07) is 114. The number of hydrogen-bond donors (Lipinski definition) is 2. The normalized spacial score (nSPS) is 11.6. The van der Waals surface area contributed by atoms with Gasteiger partial charge >= 0.3 is 7.12 Å². The highest BCUT2D eigenvalue weighted by atomic mass is 35.5. The van der Waals surface area contributed by atoms with Crippen LogP contribution in [0.25, 0.3) is 175 Å². The number of benzene rings is 16. The molecule has 0 saturated heterocycles. The van der Waals surface area contributed by atoms with Crippen LogP contribution in [0.2, 0.25) is 5.02 Å². The summed E-state index contributed by atoms with van der Waals surface area (Å²) in [5.41, 5.74) is 19.7. The number of rotatable bonds is 8. The van der Waals surface area contributed by atoms with E-state index < -0.39 is 7.12 Å². The zero-order valence-electron chi connectivity index (χ0n) is 53.0. The molecule has 2 N–H and O–H groups in total. The van der Waals surface area contributed by atoms with Crippen LogP contribution in [0.3, 0.4) is 0 Å². The van der Waals surface area contributed by atoms with Crippen LogP contribution in [0, 0.1) is 0 Å². The Morgan fingerprint density at radius 1 is 0.255 bits per heavy atom. The van der Waals surface area contributed by atoms with E-state index in [9.17, 15) is 0 Å². The van der Waals surface area contributed by atoms with Gasteiger partial charge in [0.1, 0.15) is 0 Å². The summed E-state index contributed by atoms with van der Waals surface area (Å²) in [6.07, 6.45) is 6.72. The van der Waals surface area contributed by atoms with Gasteiger partial charge in [0.05, 0.1) is 22.1 Å². The van der Waals surface area contributed by atoms with Crippen molar-refractivity contribution in [3.8, 4) is 67.0 Å². The summed E-state index contributed by atoms with van der Waals surface area (Å²) in [5, 5.41) is 38.4. The lowest BCUT2D eigenvalue weighted by Crippen LogP contribution is -2.29. The molecule has 0 fully saturated rings. The predicted octanol–water partition coefficient (Wildman–Crippen LogP) is 22.5. The predicted molar refractivity (Wildman–Crippen MR) is 413 cm³/mol. The van der Waals surface area contributed by atoms with E-state index in [-0.39, 0.29) is 0 Å². The molecule has 0 unspecified atom stereocenters. The van der Waals surface area contributed by atoms with Gasteiger partial charge < -0.3 is 19.2 Å². The van der Waals surface area contributed by atoms with Crippen LogP contribution in [0.1, 0.15) is 0 Å². The van der Waals surface area contributed by atoms with Crippen molar-refractivity contribution in [2.24, 2.45) is 0 Å². The fraction of sp³-hybridized carbons (Fsp3) is 0. The molecular weight excluding hydrogens is 1220 g/mol. The third kappa shape index (κ3) is 9.98. The highest BCUT2D eigenvalue weighted by Crippen LogP contribution is 2.47. The van der Waals surface area contributed by atoms with Crippen LogP contribution in [0.5, 0.6) is 0 Å². The molecule has 4 aromatic heterocycles. The van der Waals surface area contributed by atoms with Gasteiger partial charge in [0.25, 0.3) is 0 Å². The molecule has 16 aromatic carbocycles. The average Bonchev–Trinajstić information content (AvgIpc) is 1.02. The molecule has 20 aromatic rings. The van der Waals surface area contributed by atoms with Crippen molar-refractivity contribution < 1.29 is 10.0 Å². The fourth-order valence-electron chi connectivity index (χ4n) is 15.2. The first-order chi connectivity index (χ1) is 48.4. The van der Waals surface area contributed by atoms with E-state index >= 15 is 0 Å². The second-order valence-corrected chi connectivity index (χ2v) is 25.6. The van der Waals surface area contributed by atoms with Crippen molar-refractivity contribution in [1.82, 2.24) is 19.1 Å². The van der Waals surface area contributed by atoms with Crippen LogP contribution in [0.4, 0.5) is 0 Å². The zero-order chi connectivity index (χ0) is 65.4. The summed E-state index contributed by atoms with van der Waals surface area (Å²) < 4.78 is 4.80. The van der Waals surface area contributed by atoms with Gasteiger partial charge in [-0.3, -0.25) is 9.97 Å². The third-order valence-corrected chi connectivity index (χ3v) is 19.9. The Hall–Kier alpha value is -12.2. The van der Waals surface area contributed by atoms with Crippen LogP contribution in [-0.2, 0) is 0 Å². The summed E-state index contributed by atoms with van der Waals surface area (Å²) in [5.74, 6) is 0. The second-order valence-electron chi connectivity index (χ2n) is 25.1. The summed E-state index contributed by atoms with van der Waals surface area (Å²) in [6.45, 7) is 0. The van der Waals surface area contributed by atoms with Crippen LogP contribution < -0.4 is 5.46 Å². The Labute approximate surface area is 570 Å². The molecule has 20 rings (SSSR count). The van der Waals surface area contributed by atoms with Crippen molar-refractivity contribution in [1.29, 1.82) is 0 Å². The smallest absolute Gasteiger partial charge is 0.423 e. The largest absolute Gasteiger partial charge is 0.488 e. The number of nitrogens with zero attached hydrogens (tertiary/aromatic N) is 4. The third-order valence-electron chi connectivity index (χ3n) is 19.7. The Kier molecular flexibility index (Phi) is 14.4. The van der Waals surface area contributed by atoms with Crippen LogP contribution >= 0.6 is 11.6 Å². The molecule has 8 heteroatoms. The van der Waals surface area contributed by atoms with Gasteiger partial charge in [-0.2, -0.15) is 0 Å². The molecule has 0 radical (unpaired) electrons. The fourth-order valence-corrected chi connectivity index (χ4v) is 15.3. The lowest BCUT2D eigenvalue weighted by atomic mass is 9.81. The minimum atomic E-state index is -1.38. The maximum absolute atomic E-state index is 8.55. The molecule has 0 aliphatic rings. The van der Waals surface area contributed by atoms with Crippen LogP contribution in [0.15, 0.2) is 340 Å². The standard InChI is InChI=1S/C45H28N2.C40H24ClN.C5H6BNO2/c1-3-13-42-36(11-1)37-12-2-4-14-43(37)47(42)35-10-6-9-34(27-35)41-28-40(31-17-15-29(16-18-31)30-23-25-46-26-24-30)38-21-19-32-7-5-8-33-20-22-39(41)45(38)44(32)33;41-29-19-15-25(16-20-29)35-24-36(34-22-18-27-8-5-7-26-17-21-33(35)40(34)39(26)27)28-9-6-10-30(23-28)42-37-13-3-1-11-31(37)32-12-2-4-14-38(32)42;8-6(9)5-1-3-7-4-2-5/h1-28H;1-24H;1-4,8-9H. The number of hydrogen-bond acceptors (Lipinski definition) is 4. The minimum Gasteiger partial charge on any atom is -0.423 e. The number of halogens is 1. The lowest BCUT2D eigenvalue weighted by molar-refractivity contribution is 0.425. The Balaban J connectivity index is 0.000000127. The first kappa shape index (κ1) is 58.4. The van der Waals surface area contributed by atoms with Crippen molar-refractivity contribution in [2.45, 2.75) is 0 Å². The van der Waals surface area contributed by atoms with Crippen molar-refractivity contribution >= 4 is 132 Å². The second kappa shape index (κ2) is 24.2. The molecule has 0 aliphatic heterocycles. The van der Waals surface area contributed by atoms with E-state index in [1.165, 1.54) is 171 Å². The number of fused-ring (bicyclic) bond motifs is 6. The first-order valence-corrected chi connectivity index (χ1v) is 33.4. The molecule has 0 amide bonds. The number of aromatic nitrogens is 4. The molecule has 460 valence electrons. The minimum absolute atomic E-state index is 0.463. The lowest BCUT2D eigenvalue weighted by Gasteiger charge is -2.19.